The fourth-order valence-corrected chi connectivity index (χ4v) is 1.26. The van der Waals surface area contributed by atoms with E-state index in [9.17, 15) is 20.1 Å². The third-order valence-corrected chi connectivity index (χ3v) is 2.10. The molecule has 0 saturated carbocycles. The van der Waals surface area contributed by atoms with Crippen LogP contribution in [0.25, 0.3) is 0 Å². The molecule has 5 atom stereocenters. The van der Waals surface area contributed by atoms with Crippen molar-refractivity contribution in [1.29, 1.82) is 0 Å². The number of ether oxygens (including phenoxy) is 1. The fraction of sp³-hybridized carbons (Fsp3) is 0.857. The summed E-state index contributed by atoms with van der Waals surface area (Å²) in [7, 11) is 0. The standard InChI is InChI=1S/C7H12O6/c1-2-3(8)4(9)5(10)6(13-2)7(11)12/h2-6,8-10H,1H3,(H,11,12)/t2-,3?,4+,5?,6-/m0/s1. The summed E-state index contributed by atoms with van der Waals surface area (Å²) in [6, 6.07) is 0. The van der Waals surface area contributed by atoms with Gasteiger partial charge in [-0.15, -0.1) is 0 Å². The van der Waals surface area contributed by atoms with E-state index in [4.69, 9.17) is 9.84 Å². The Kier molecular flexibility index (Phi) is 2.87. The number of carboxylic acids is 1. The lowest BCUT2D eigenvalue weighted by Crippen LogP contribution is -2.58. The van der Waals surface area contributed by atoms with E-state index >= 15 is 0 Å². The lowest BCUT2D eigenvalue weighted by Gasteiger charge is -2.37. The van der Waals surface area contributed by atoms with Gasteiger partial charge >= 0.3 is 5.97 Å². The molecular formula is C7H12O6. The van der Waals surface area contributed by atoms with Crippen molar-refractivity contribution in [3.63, 3.8) is 0 Å². The summed E-state index contributed by atoms with van der Waals surface area (Å²) in [6.07, 6.45) is -6.62. The van der Waals surface area contributed by atoms with Crippen LogP contribution in [0.2, 0.25) is 0 Å². The molecule has 1 heterocycles. The Morgan fingerprint density at radius 3 is 2.15 bits per heavy atom. The Labute approximate surface area is 74.4 Å². The SMILES string of the molecule is C[C@@H]1O[C@H](C(=O)O)C(O)[C@H](O)C1O. The molecule has 1 aliphatic rings. The molecule has 1 saturated heterocycles. The van der Waals surface area contributed by atoms with Crippen molar-refractivity contribution in [3.05, 3.63) is 0 Å². The van der Waals surface area contributed by atoms with E-state index in [0.29, 0.717) is 0 Å². The molecule has 0 amide bonds. The zero-order valence-electron chi connectivity index (χ0n) is 6.99. The molecule has 4 N–H and O–H groups in total. The quantitative estimate of drug-likeness (QED) is 0.380. The molecule has 0 bridgehead atoms. The van der Waals surface area contributed by atoms with Crippen LogP contribution in [0.5, 0.6) is 0 Å². The first-order valence-corrected chi connectivity index (χ1v) is 3.87. The minimum atomic E-state index is -1.59. The van der Waals surface area contributed by atoms with Crippen molar-refractivity contribution in [3.8, 4) is 0 Å². The summed E-state index contributed by atoms with van der Waals surface area (Å²) in [6.45, 7) is 1.43. The van der Waals surface area contributed by atoms with E-state index in [1.54, 1.807) is 0 Å². The molecule has 6 nitrogen and oxygen atoms in total. The van der Waals surface area contributed by atoms with Crippen LogP contribution in [-0.4, -0.2) is 56.9 Å². The van der Waals surface area contributed by atoms with Gasteiger partial charge in [-0.3, -0.25) is 0 Å². The Hall–Kier alpha value is -0.690. The Bertz CT molecular complexity index is 205. The largest absolute Gasteiger partial charge is 0.479 e. The summed E-state index contributed by atoms with van der Waals surface area (Å²) in [5.41, 5.74) is 0. The highest BCUT2D eigenvalue weighted by Gasteiger charge is 2.44. The predicted octanol–water partition coefficient (Wildman–Crippen LogP) is -2.06. The minimum absolute atomic E-state index is 0.806. The van der Waals surface area contributed by atoms with Gasteiger partial charge in [-0.05, 0) is 6.92 Å². The topological polar surface area (TPSA) is 107 Å². The number of carbonyl (C=O) groups is 1. The minimum Gasteiger partial charge on any atom is -0.479 e. The number of hydrogen-bond acceptors (Lipinski definition) is 5. The van der Waals surface area contributed by atoms with E-state index in [1.165, 1.54) is 6.92 Å². The number of aliphatic carboxylic acids is 1. The molecule has 0 aromatic carbocycles. The van der Waals surface area contributed by atoms with Gasteiger partial charge in [0.05, 0.1) is 6.10 Å². The highest BCUT2D eigenvalue weighted by molar-refractivity contribution is 5.73. The lowest BCUT2D eigenvalue weighted by molar-refractivity contribution is -0.223. The first-order chi connectivity index (χ1) is 5.95. The number of hydrogen-bond donors (Lipinski definition) is 4. The number of aliphatic hydroxyl groups is 3. The second kappa shape index (κ2) is 3.59. The van der Waals surface area contributed by atoms with Crippen molar-refractivity contribution >= 4 is 5.97 Å². The molecule has 1 aliphatic heterocycles. The van der Waals surface area contributed by atoms with Crippen LogP contribution in [0.3, 0.4) is 0 Å². The molecule has 76 valence electrons. The summed E-state index contributed by atoms with van der Waals surface area (Å²) in [4.78, 5) is 10.5. The van der Waals surface area contributed by atoms with Crippen molar-refractivity contribution < 1.29 is 30.0 Å². The van der Waals surface area contributed by atoms with Gasteiger partial charge in [-0.2, -0.15) is 0 Å². The monoisotopic (exact) mass is 192 g/mol. The van der Waals surface area contributed by atoms with Crippen LogP contribution in [-0.2, 0) is 9.53 Å². The molecule has 2 unspecified atom stereocenters. The number of carboxylic acid groups (broad SMARTS) is 1. The maximum absolute atomic E-state index is 10.5. The van der Waals surface area contributed by atoms with Gasteiger partial charge < -0.3 is 25.2 Å². The zero-order chi connectivity index (χ0) is 10.2. The van der Waals surface area contributed by atoms with Gasteiger partial charge in [0.15, 0.2) is 6.10 Å². The Morgan fingerprint density at radius 1 is 1.15 bits per heavy atom. The van der Waals surface area contributed by atoms with E-state index in [0.717, 1.165) is 0 Å². The molecule has 0 spiro atoms. The normalized spacial score (nSPS) is 46.0. The average Bonchev–Trinajstić information content (AvgIpc) is 2.07. The molecule has 6 heteroatoms. The average molecular weight is 192 g/mol. The third kappa shape index (κ3) is 1.80. The molecule has 0 aliphatic carbocycles. The lowest BCUT2D eigenvalue weighted by atomic mass is 9.96. The molecule has 13 heavy (non-hydrogen) atoms. The van der Waals surface area contributed by atoms with Crippen LogP contribution >= 0.6 is 0 Å². The molecular weight excluding hydrogens is 180 g/mol. The van der Waals surface area contributed by atoms with E-state index in [-0.39, 0.29) is 0 Å². The number of aliphatic hydroxyl groups excluding tert-OH is 3. The Balaban J connectivity index is 2.76. The highest BCUT2D eigenvalue weighted by Crippen LogP contribution is 2.20. The van der Waals surface area contributed by atoms with E-state index in [1.807, 2.05) is 0 Å². The van der Waals surface area contributed by atoms with Crippen LogP contribution in [0.4, 0.5) is 0 Å². The van der Waals surface area contributed by atoms with Crippen LogP contribution in [0.1, 0.15) is 6.92 Å². The molecule has 1 fully saturated rings. The van der Waals surface area contributed by atoms with Crippen LogP contribution < -0.4 is 0 Å². The smallest absolute Gasteiger partial charge is 0.335 e. The summed E-state index contributed by atoms with van der Waals surface area (Å²) in [5, 5.41) is 36.1. The van der Waals surface area contributed by atoms with Gasteiger partial charge in [-0.1, -0.05) is 0 Å². The zero-order valence-corrected chi connectivity index (χ0v) is 6.99. The fourth-order valence-electron chi connectivity index (χ4n) is 1.26. The first-order valence-electron chi connectivity index (χ1n) is 3.87. The maximum Gasteiger partial charge on any atom is 0.335 e. The molecule has 0 aromatic heterocycles. The second-order valence-corrected chi connectivity index (χ2v) is 3.07. The van der Waals surface area contributed by atoms with Gasteiger partial charge in [-0.25, -0.2) is 4.79 Å². The first kappa shape index (κ1) is 10.4. The van der Waals surface area contributed by atoms with E-state index < -0.39 is 36.5 Å². The van der Waals surface area contributed by atoms with Crippen LogP contribution in [0, 0.1) is 0 Å². The molecule has 0 aromatic rings. The van der Waals surface area contributed by atoms with Gasteiger partial charge in [0.1, 0.15) is 18.3 Å². The second-order valence-electron chi connectivity index (χ2n) is 3.07. The van der Waals surface area contributed by atoms with E-state index in [2.05, 4.69) is 0 Å². The molecule has 1 rings (SSSR count). The summed E-state index contributed by atoms with van der Waals surface area (Å²) >= 11 is 0. The van der Waals surface area contributed by atoms with Crippen molar-refractivity contribution in [2.45, 2.75) is 37.4 Å². The van der Waals surface area contributed by atoms with Crippen molar-refractivity contribution in [2.75, 3.05) is 0 Å². The van der Waals surface area contributed by atoms with Crippen molar-refractivity contribution in [1.82, 2.24) is 0 Å². The van der Waals surface area contributed by atoms with Gasteiger partial charge in [0, 0.05) is 0 Å². The highest BCUT2D eigenvalue weighted by atomic mass is 16.6. The van der Waals surface area contributed by atoms with Crippen molar-refractivity contribution in [2.24, 2.45) is 0 Å². The van der Waals surface area contributed by atoms with Crippen LogP contribution in [0.15, 0.2) is 0 Å². The Morgan fingerprint density at radius 2 is 1.69 bits per heavy atom. The van der Waals surface area contributed by atoms with Gasteiger partial charge in [0.2, 0.25) is 0 Å². The molecule has 0 radical (unpaired) electrons. The predicted molar refractivity (Wildman–Crippen MR) is 40.0 cm³/mol. The number of rotatable bonds is 1. The summed E-state index contributed by atoms with van der Waals surface area (Å²) < 4.78 is 4.78. The third-order valence-electron chi connectivity index (χ3n) is 2.10. The van der Waals surface area contributed by atoms with Gasteiger partial charge in [0.25, 0.3) is 0 Å². The maximum atomic E-state index is 10.5. The summed E-state index contributed by atoms with van der Waals surface area (Å²) in [5.74, 6) is -1.36.